The van der Waals surface area contributed by atoms with E-state index >= 15 is 0 Å². The van der Waals surface area contributed by atoms with Crippen molar-refractivity contribution in [2.45, 2.75) is 20.8 Å². The Bertz CT molecular complexity index is 1510. The van der Waals surface area contributed by atoms with Crippen LogP contribution in [0.5, 0.6) is 5.75 Å². The van der Waals surface area contributed by atoms with E-state index in [1.54, 1.807) is 35.9 Å². The summed E-state index contributed by atoms with van der Waals surface area (Å²) in [6.45, 7) is 5.53. The molecule has 0 fully saturated rings. The van der Waals surface area contributed by atoms with Crippen molar-refractivity contribution < 1.29 is 9.90 Å². The summed E-state index contributed by atoms with van der Waals surface area (Å²) in [7, 11) is 0. The van der Waals surface area contributed by atoms with Crippen LogP contribution in [-0.4, -0.2) is 40.6 Å². The molecule has 0 aliphatic carbocycles. The average molecular weight is 413 g/mol. The van der Waals surface area contributed by atoms with Crippen LogP contribution in [0.3, 0.4) is 0 Å². The van der Waals surface area contributed by atoms with Crippen LogP contribution in [0.2, 0.25) is 0 Å². The molecule has 5 rings (SSSR count). The third kappa shape index (κ3) is 2.74. The van der Waals surface area contributed by atoms with E-state index in [1.165, 1.54) is 6.20 Å². The highest BCUT2D eigenvalue weighted by Gasteiger charge is 2.27. The first kappa shape index (κ1) is 18.7. The number of phenols is 1. The Morgan fingerprint density at radius 3 is 2.68 bits per heavy atom. The van der Waals surface area contributed by atoms with Gasteiger partial charge in [-0.15, -0.1) is 5.10 Å². The summed E-state index contributed by atoms with van der Waals surface area (Å²) in [4.78, 5) is 25.5. The van der Waals surface area contributed by atoms with Crippen molar-refractivity contribution in [3.63, 3.8) is 0 Å². The molecular formula is C22H19N7O2. The minimum absolute atomic E-state index is 0.128. The molecule has 0 aliphatic rings. The van der Waals surface area contributed by atoms with Gasteiger partial charge in [-0.05, 0) is 44.5 Å². The Morgan fingerprint density at radius 1 is 1.10 bits per heavy atom. The maximum absolute atomic E-state index is 13.5. The van der Waals surface area contributed by atoms with Crippen LogP contribution < -0.4 is 5.73 Å². The fourth-order valence-corrected chi connectivity index (χ4v) is 3.92. The van der Waals surface area contributed by atoms with E-state index in [4.69, 9.17) is 5.73 Å². The van der Waals surface area contributed by atoms with Crippen LogP contribution in [0.1, 0.15) is 32.9 Å². The molecule has 31 heavy (non-hydrogen) atoms. The molecule has 0 radical (unpaired) electrons. The number of carbonyl (C=O) groups is 1. The molecular weight excluding hydrogens is 394 g/mol. The number of benzene rings is 1. The number of nitrogens with one attached hydrogen (secondary N) is 1. The molecule has 0 saturated heterocycles. The molecule has 0 amide bonds. The minimum atomic E-state index is -0.326. The van der Waals surface area contributed by atoms with Gasteiger partial charge in [-0.2, -0.15) is 5.10 Å². The fourth-order valence-electron chi connectivity index (χ4n) is 3.92. The Hall–Kier alpha value is -4.27. The summed E-state index contributed by atoms with van der Waals surface area (Å²) in [5.74, 6) is -0.0000355. The number of anilines is 1. The van der Waals surface area contributed by atoms with Crippen molar-refractivity contribution in [1.29, 1.82) is 0 Å². The van der Waals surface area contributed by atoms with Crippen LogP contribution in [-0.2, 0) is 0 Å². The number of aromatic hydroxyl groups is 1. The van der Waals surface area contributed by atoms with Crippen molar-refractivity contribution >= 4 is 33.8 Å². The smallest absolute Gasteiger partial charge is 0.215 e. The second kappa shape index (κ2) is 6.63. The fraction of sp³-hybridized carbons (Fsp3) is 0.136. The third-order valence-corrected chi connectivity index (χ3v) is 5.42. The molecule has 5 aromatic rings. The number of hydrogen-bond acceptors (Lipinski definition) is 7. The number of aryl methyl sites for hydroxylation is 2. The lowest BCUT2D eigenvalue weighted by Gasteiger charge is -2.15. The zero-order valence-electron chi connectivity index (χ0n) is 17.1. The number of aromatic amines is 1. The van der Waals surface area contributed by atoms with Gasteiger partial charge in [-0.3, -0.25) is 14.3 Å². The lowest BCUT2D eigenvalue weighted by Crippen LogP contribution is -2.09. The molecule has 154 valence electrons. The van der Waals surface area contributed by atoms with E-state index in [2.05, 4.69) is 25.1 Å². The van der Waals surface area contributed by atoms with Crippen molar-refractivity contribution in [3.8, 4) is 11.4 Å². The molecule has 0 bridgehead atoms. The van der Waals surface area contributed by atoms with Gasteiger partial charge in [0.2, 0.25) is 5.78 Å². The Labute approximate surface area is 176 Å². The first-order valence-electron chi connectivity index (χ1n) is 9.65. The predicted molar refractivity (Wildman–Crippen MR) is 116 cm³/mol. The molecule has 0 spiro atoms. The van der Waals surface area contributed by atoms with Gasteiger partial charge in [0.05, 0.1) is 28.2 Å². The summed E-state index contributed by atoms with van der Waals surface area (Å²) in [6, 6.07) is 6.89. The van der Waals surface area contributed by atoms with Crippen LogP contribution in [0.15, 0.2) is 36.7 Å². The zero-order valence-corrected chi connectivity index (χ0v) is 17.1. The minimum Gasteiger partial charge on any atom is -0.508 e. The number of phenolic OH excluding ortho intramolecular Hbond substituents is 1. The van der Waals surface area contributed by atoms with Crippen LogP contribution in [0.25, 0.3) is 27.9 Å². The summed E-state index contributed by atoms with van der Waals surface area (Å²) in [5.41, 5.74) is 12.1. The van der Waals surface area contributed by atoms with Gasteiger partial charge in [0.1, 0.15) is 22.6 Å². The number of nitrogens with two attached hydrogens (primary N) is 1. The molecule has 0 atom stereocenters. The van der Waals surface area contributed by atoms with Crippen molar-refractivity contribution in [1.82, 2.24) is 29.7 Å². The van der Waals surface area contributed by atoms with Gasteiger partial charge in [-0.25, -0.2) is 4.98 Å². The number of aromatic nitrogens is 6. The average Bonchev–Trinajstić information content (AvgIpc) is 3.29. The number of nitrogen functional groups attached to an aromatic ring is 1. The van der Waals surface area contributed by atoms with E-state index in [1.807, 2.05) is 19.9 Å². The highest BCUT2D eigenvalue weighted by molar-refractivity contribution is 6.19. The normalized spacial score (nSPS) is 11.5. The number of fused-ring (bicyclic) bond motifs is 2. The third-order valence-electron chi connectivity index (χ3n) is 5.42. The lowest BCUT2D eigenvalue weighted by atomic mass is 10.1. The molecule has 0 aliphatic heterocycles. The van der Waals surface area contributed by atoms with E-state index in [-0.39, 0.29) is 22.9 Å². The Kier molecular flexibility index (Phi) is 4.01. The van der Waals surface area contributed by atoms with Crippen molar-refractivity contribution in [3.05, 3.63) is 64.7 Å². The van der Waals surface area contributed by atoms with Crippen molar-refractivity contribution in [2.75, 3.05) is 5.73 Å². The van der Waals surface area contributed by atoms with Gasteiger partial charge in [0.15, 0.2) is 5.65 Å². The number of rotatable bonds is 3. The molecule has 1 aromatic carbocycles. The highest BCUT2D eigenvalue weighted by atomic mass is 16.3. The number of ketones is 1. The maximum atomic E-state index is 13.5. The Morgan fingerprint density at radius 2 is 1.87 bits per heavy atom. The number of H-pyrrole nitrogens is 1. The lowest BCUT2D eigenvalue weighted by molar-refractivity contribution is 0.103. The van der Waals surface area contributed by atoms with Crippen LogP contribution >= 0.6 is 0 Å². The standard InChI is InChI=1S/C22H19N7O2/c1-10-4-5-16(30)12(3)19(10)29-21(23)17(18-22(29)25-7-6-24-18)20(31)15-9-14-13(26-15)8-11(2)27-28-14/h4-9,26,30H,23H2,1-3H3. The van der Waals surface area contributed by atoms with Gasteiger partial charge < -0.3 is 15.8 Å². The summed E-state index contributed by atoms with van der Waals surface area (Å²) < 4.78 is 1.67. The van der Waals surface area contributed by atoms with E-state index in [9.17, 15) is 9.90 Å². The maximum Gasteiger partial charge on any atom is 0.215 e. The predicted octanol–water partition coefficient (Wildman–Crippen LogP) is 3.14. The quantitative estimate of drug-likeness (QED) is 0.387. The van der Waals surface area contributed by atoms with Gasteiger partial charge in [0.25, 0.3) is 0 Å². The molecule has 4 N–H and O–H groups in total. The largest absolute Gasteiger partial charge is 0.508 e. The second-order valence-corrected chi connectivity index (χ2v) is 7.50. The zero-order chi connectivity index (χ0) is 21.9. The number of nitrogens with zero attached hydrogens (tertiary/aromatic N) is 5. The highest BCUT2D eigenvalue weighted by Crippen LogP contribution is 2.35. The Balaban J connectivity index is 1.78. The first-order valence-corrected chi connectivity index (χ1v) is 9.65. The number of carbonyl (C=O) groups excluding carboxylic acids is 1. The molecule has 0 unspecified atom stereocenters. The number of hydrogen-bond donors (Lipinski definition) is 3. The van der Waals surface area contributed by atoms with Gasteiger partial charge >= 0.3 is 0 Å². The molecule has 4 aromatic heterocycles. The van der Waals surface area contributed by atoms with Crippen LogP contribution in [0.4, 0.5) is 5.82 Å². The topological polar surface area (TPSA) is 136 Å². The second-order valence-electron chi connectivity index (χ2n) is 7.50. The van der Waals surface area contributed by atoms with Crippen molar-refractivity contribution in [2.24, 2.45) is 0 Å². The summed E-state index contributed by atoms with van der Waals surface area (Å²) in [5, 5.41) is 18.4. The molecule has 4 heterocycles. The van der Waals surface area contributed by atoms with E-state index in [0.717, 1.165) is 11.3 Å². The molecule has 9 nitrogen and oxygen atoms in total. The van der Waals surface area contributed by atoms with E-state index in [0.29, 0.717) is 39.1 Å². The molecule has 0 saturated carbocycles. The SMILES string of the molecule is Cc1cc2[nH]c(C(=O)c3c(N)n(-c4c(C)ccc(O)c4C)c4nccnc34)cc2nn1. The monoisotopic (exact) mass is 413 g/mol. The van der Waals surface area contributed by atoms with E-state index < -0.39 is 0 Å². The first-order chi connectivity index (χ1) is 14.9. The van der Waals surface area contributed by atoms with Gasteiger partial charge in [-0.1, -0.05) is 6.07 Å². The van der Waals surface area contributed by atoms with Gasteiger partial charge in [0, 0.05) is 18.0 Å². The molecule has 9 heteroatoms. The van der Waals surface area contributed by atoms with Crippen LogP contribution in [0, 0.1) is 20.8 Å². The summed E-state index contributed by atoms with van der Waals surface area (Å²) >= 11 is 0. The summed E-state index contributed by atoms with van der Waals surface area (Å²) in [6.07, 6.45) is 3.06.